The lowest BCUT2D eigenvalue weighted by molar-refractivity contribution is -0.161. The molecule has 10 nitrogen and oxygen atoms in total. The van der Waals surface area contributed by atoms with Gasteiger partial charge in [0.1, 0.15) is 29.0 Å². The second kappa shape index (κ2) is 10.6. The van der Waals surface area contributed by atoms with Crippen LogP contribution in [-0.4, -0.2) is 82.4 Å². The van der Waals surface area contributed by atoms with E-state index in [2.05, 4.69) is 4.90 Å². The maximum atomic E-state index is 13.8. The standard InChI is InChI=1S/C25H28F2N4O6/c1-25(23(33)30-9-7-29(8-10-30)18-5-3-2-4-6-18)21(22(32)28-36)14-20(15-31(25)24(34)35)37-19-12-16(26)11-17(27)13-19/h2-6,11-13,20-21,36H,7-10,14-15H2,1H3,(H,28,32)(H,34,35)/t20-,21+,25-/m0/s1. The molecule has 0 bridgehead atoms. The van der Waals surface area contributed by atoms with Gasteiger partial charge >= 0.3 is 6.09 Å². The van der Waals surface area contributed by atoms with Crippen molar-refractivity contribution < 1.29 is 38.2 Å². The van der Waals surface area contributed by atoms with Crippen LogP contribution in [-0.2, 0) is 9.59 Å². The lowest BCUT2D eigenvalue weighted by Crippen LogP contribution is -2.71. The highest BCUT2D eigenvalue weighted by atomic mass is 19.1. The number of para-hydroxylation sites is 1. The zero-order chi connectivity index (χ0) is 26.7. The number of carboxylic acid groups (broad SMARTS) is 1. The minimum Gasteiger partial charge on any atom is -0.488 e. The van der Waals surface area contributed by atoms with E-state index in [1.54, 1.807) is 0 Å². The molecule has 0 unspecified atom stereocenters. The first kappa shape index (κ1) is 26.1. The fraction of sp³-hybridized carbons (Fsp3) is 0.400. The number of anilines is 1. The molecule has 37 heavy (non-hydrogen) atoms. The Kier molecular flexibility index (Phi) is 7.48. The first-order valence-electron chi connectivity index (χ1n) is 11.8. The summed E-state index contributed by atoms with van der Waals surface area (Å²) in [6.45, 7) is 2.62. The molecule has 0 radical (unpaired) electrons. The van der Waals surface area contributed by atoms with Gasteiger partial charge in [0.25, 0.3) is 0 Å². The van der Waals surface area contributed by atoms with Gasteiger partial charge in [-0.3, -0.25) is 19.7 Å². The van der Waals surface area contributed by atoms with Gasteiger partial charge in [0, 0.05) is 56.5 Å². The molecule has 198 valence electrons. The van der Waals surface area contributed by atoms with Crippen LogP contribution in [0, 0.1) is 17.6 Å². The molecule has 0 spiro atoms. The van der Waals surface area contributed by atoms with E-state index in [0.717, 1.165) is 22.7 Å². The Morgan fingerprint density at radius 3 is 2.22 bits per heavy atom. The number of ether oxygens (including phenoxy) is 1. The van der Waals surface area contributed by atoms with Crippen LogP contribution < -0.4 is 15.1 Å². The molecule has 2 aromatic rings. The second-order valence-electron chi connectivity index (χ2n) is 9.26. The predicted molar refractivity (Wildman–Crippen MR) is 127 cm³/mol. The number of likely N-dealkylation sites (tertiary alicyclic amines) is 1. The molecular formula is C25H28F2N4O6. The highest BCUT2D eigenvalue weighted by Gasteiger charge is 2.57. The Bertz CT molecular complexity index is 1140. The van der Waals surface area contributed by atoms with Crippen LogP contribution in [0.4, 0.5) is 19.3 Å². The zero-order valence-corrected chi connectivity index (χ0v) is 20.1. The third-order valence-corrected chi connectivity index (χ3v) is 7.04. The van der Waals surface area contributed by atoms with E-state index in [0.29, 0.717) is 32.2 Å². The van der Waals surface area contributed by atoms with Gasteiger partial charge < -0.3 is 19.6 Å². The first-order valence-corrected chi connectivity index (χ1v) is 11.8. The number of piperazine rings is 1. The summed E-state index contributed by atoms with van der Waals surface area (Å²) < 4.78 is 32.9. The Labute approximate surface area is 212 Å². The molecule has 0 aliphatic carbocycles. The smallest absolute Gasteiger partial charge is 0.408 e. The Morgan fingerprint density at radius 2 is 1.65 bits per heavy atom. The van der Waals surface area contributed by atoms with Crippen molar-refractivity contribution in [1.29, 1.82) is 0 Å². The summed E-state index contributed by atoms with van der Waals surface area (Å²) in [5, 5.41) is 19.4. The van der Waals surface area contributed by atoms with Gasteiger partial charge in [-0.2, -0.15) is 0 Å². The molecule has 12 heteroatoms. The fourth-order valence-corrected chi connectivity index (χ4v) is 5.13. The van der Waals surface area contributed by atoms with Gasteiger partial charge in [0.2, 0.25) is 11.8 Å². The molecule has 0 saturated carbocycles. The molecule has 2 heterocycles. The Balaban J connectivity index is 1.57. The number of hydroxylamine groups is 1. The number of piperidine rings is 1. The maximum Gasteiger partial charge on any atom is 0.408 e. The highest BCUT2D eigenvalue weighted by molar-refractivity contribution is 5.96. The van der Waals surface area contributed by atoms with Crippen molar-refractivity contribution in [3.8, 4) is 5.75 Å². The minimum absolute atomic E-state index is 0.180. The molecule has 2 saturated heterocycles. The lowest BCUT2D eigenvalue weighted by atomic mass is 9.75. The fourth-order valence-electron chi connectivity index (χ4n) is 5.13. The minimum atomic E-state index is -1.86. The number of carbonyl (C=O) groups excluding carboxylic acids is 2. The largest absolute Gasteiger partial charge is 0.488 e. The van der Waals surface area contributed by atoms with Crippen molar-refractivity contribution in [2.24, 2.45) is 5.92 Å². The van der Waals surface area contributed by atoms with Crippen LogP contribution in [0.25, 0.3) is 0 Å². The first-order chi connectivity index (χ1) is 17.6. The number of hydrogen-bond donors (Lipinski definition) is 3. The number of halogens is 2. The van der Waals surface area contributed by atoms with Gasteiger partial charge in [0.05, 0.1) is 12.5 Å². The predicted octanol–water partition coefficient (Wildman–Crippen LogP) is 2.33. The quantitative estimate of drug-likeness (QED) is 0.410. The van der Waals surface area contributed by atoms with Gasteiger partial charge in [-0.05, 0) is 19.1 Å². The number of nitrogens with zero attached hydrogens (tertiary/aromatic N) is 3. The van der Waals surface area contributed by atoms with Gasteiger partial charge in [-0.15, -0.1) is 0 Å². The van der Waals surface area contributed by atoms with Crippen LogP contribution in [0.5, 0.6) is 5.75 Å². The summed E-state index contributed by atoms with van der Waals surface area (Å²) in [6.07, 6.45) is -2.68. The summed E-state index contributed by atoms with van der Waals surface area (Å²) in [6, 6.07) is 12.2. The van der Waals surface area contributed by atoms with Crippen LogP contribution in [0.1, 0.15) is 13.3 Å². The molecule has 0 aromatic heterocycles. The van der Waals surface area contributed by atoms with Crippen molar-refractivity contribution in [3.05, 3.63) is 60.2 Å². The average Bonchev–Trinajstić information content (AvgIpc) is 2.88. The number of rotatable bonds is 5. The lowest BCUT2D eigenvalue weighted by Gasteiger charge is -2.51. The molecular weight excluding hydrogens is 490 g/mol. The van der Waals surface area contributed by atoms with Gasteiger partial charge in [-0.1, -0.05) is 18.2 Å². The molecule has 3 amide bonds. The van der Waals surface area contributed by atoms with Crippen molar-refractivity contribution in [3.63, 3.8) is 0 Å². The molecule has 2 fully saturated rings. The van der Waals surface area contributed by atoms with E-state index in [4.69, 9.17) is 4.74 Å². The molecule has 3 atom stereocenters. The number of carbonyl (C=O) groups is 3. The number of hydrogen-bond acceptors (Lipinski definition) is 6. The topological polar surface area (TPSA) is 123 Å². The Hall–Kier alpha value is -3.93. The van der Waals surface area contributed by atoms with Crippen molar-refractivity contribution >= 4 is 23.6 Å². The SMILES string of the molecule is C[C@@]1(C(=O)N2CCN(c3ccccc3)CC2)[C@@H](C(=O)NO)C[C@H](Oc2cc(F)cc(F)c2)CN1C(=O)O. The summed E-state index contributed by atoms with van der Waals surface area (Å²) >= 11 is 0. The molecule has 2 aliphatic rings. The average molecular weight is 519 g/mol. The maximum absolute atomic E-state index is 13.8. The third-order valence-electron chi connectivity index (χ3n) is 7.04. The third kappa shape index (κ3) is 5.29. The normalized spacial score (nSPS) is 23.9. The monoisotopic (exact) mass is 518 g/mol. The summed E-state index contributed by atoms with van der Waals surface area (Å²) in [4.78, 5) is 43.3. The molecule has 2 aliphatic heterocycles. The van der Waals surface area contributed by atoms with Crippen LogP contribution >= 0.6 is 0 Å². The van der Waals surface area contributed by atoms with E-state index >= 15 is 0 Å². The number of nitrogens with one attached hydrogen (secondary N) is 1. The molecule has 3 N–H and O–H groups in total. The van der Waals surface area contributed by atoms with E-state index in [1.807, 2.05) is 30.3 Å². The van der Waals surface area contributed by atoms with Crippen molar-refractivity contribution in [1.82, 2.24) is 15.3 Å². The van der Waals surface area contributed by atoms with E-state index < -0.39 is 47.1 Å². The van der Waals surface area contributed by atoms with Gasteiger partial charge in [-0.25, -0.2) is 19.1 Å². The summed E-state index contributed by atoms with van der Waals surface area (Å²) in [7, 11) is 0. The van der Waals surface area contributed by atoms with E-state index in [9.17, 15) is 33.5 Å². The Morgan fingerprint density at radius 1 is 1.03 bits per heavy atom. The van der Waals surface area contributed by atoms with Crippen LogP contribution in [0.2, 0.25) is 0 Å². The second-order valence-corrected chi connectivity index (χ2v) is 9.26. The molecule has 2 aromatic carbocycles. The molecule has 4 rings (SSSR count). The van der Waals surface area contributed by atoms with E-state index in [1.165, 1.54) is 17.3 Å². The van der Waals surface area contributed by atoms with Crippen molar-refractivity contribution in [2.75, 3.05) is 37.6 Å². The van der Waals surface area contributed by atoms with Crippen molar-refractivity contribution in [2.45, 2.75) is 25.0 Å². The van der Waals surface area contributed by atoms with Crippen LogP contribution in [0.3, 0.4) is 0 Å². The summed E-state index contributed by atoms with van der Waals surface area (Å²) in [5.74, 6) is -4.86. The highest BCUT2D eigenvalue weighted by Crippen LogP contribution is 2.38. The summed E-state index contributed by atoms with van der Waals surface area (Å²) in [5.41, 5.74) is 0.662. The zero-order valence-electron chi connectivity index (χ0n) is 20.1. The van der Waals surface area contributed by atoms with Crippen LogP contribution in [0.15, 0.2) is 48.5 Å². The number of benzene rings is 2. The van der Waals surface area contributed by atoms with Gasteiger partial charge in [0.15, 0.2) is 0 Å². The van der Waals surface area contributed by atoms with E-state index in [-0.39, 0.29) is 18.7 Å². The number of amides is 3.